The summed E-state index contributed by atoms with van der Waals surface area (Å²) in [6.07, 6.45) is -0.0339. The second-order valence-electron chi connectivity index (χ2n) is 2.63. The van der Waals surface area contributed by atoms with Crippen molar-refractivity contribution >= 4 is 17.8 Å². The normalized spacial score (nSPS) is 9.64. The van der Waals surface area contributed by atoms with Crippen LogP contribution in [0.5, 0.6) is 5.75 Å². The van der Waals surface area contributed by atoms with Gasteiger partial charge in [0, 0.05) is 10.6 Å². The van der Waals surface area contributed by atoms with Crippen molar-refractivity contribution in [3.63, 3.8) is 0 Å². The molecule has 76 valence electrons. The van der Waals surface area contributed by atoms with Crippen LogP contribution in [-0.4, -0.2) is 13.3 Å². The monoisotopic (exact) mass is 214 g/mol. The molecule has 1 aromatic rings. The van der Waals surface area contributed by atoms with Crippen LogP contribution < -0.4 is 4.74 Å². The highest BCUT2D eigenvalue weighted by molar-refractivity contribution is 6.31. The number of ether oxygens (including phenoxy) is 2. The zero-order valence-electron chi connectivity index (χ0n) is 8.04. The molecule has 0 N–H and O–H groups in total. The summed E-state index contributed by atoms with van der Waals surface area (Å²) >= 11 is 5.92. The maximum Gasteiger partial charge on any atom is 0.513 e. The Morgan fingerprint density at radius 1 is 1.50 bits per heavy atom. The SMILES string of the molecule is CCc1c(Cl)cccc1OC(=O)OC. The Morgan fingerprint density at radius 3 is 2.79 bits per heavy atom. The molecule has 1 rings (SSSR count). The van der Waals surface area contributed by atoms with Crippen LogP contribution in [0.3, 0.4) is 0 Å². The van der Waals surface area contributed by atoms with Gasteiger partial charge in [-0.15, -0.1) is 0 Å². The zero-order valence-corrected chi connectivity index (χ0v) is 8.80. The summed E-state index contributed by atoms with van der Waals surface area (Å²) in [6, 6.07) is 5.16. The lowest BCUT2D eigenvalue weighted by Crippen LogP contribution is -2.08. The van der Waals surface area contributed by atoms with E-state index in [0.717, 1.165) is 5.56 Å². The van der Waals surface area contributed by atoms with Crippen LogP contribution in [-0.2, 0) is 11.2 Å². The van der Waals surface area contributed by atoms with Gasteiger partial charge in [-0.05, 0) is 18.6 Å². The molecule has 0 aliphatic carbocycles. The average molecular weight is 215 g/mol. The van der Waals surface area contributed by atoms with Crippen molar-refractivity contribution in [2.75, 3.05) is 7.11 Å². The molecule has 0 unspecified atom stereocenters. The second-order valence-corrected chi connectivity index (χ2v) is 3.03. The van der Waals surface area contributed by atoms with Crippen LogP contribution in [0.15, 0.2) is 18.2 Å². The molecular weight excluding hydrogens is 204 g/mol. The minimum Gasteiger partial charge on any atom is -0.437 e. The number of methoxy groups -OCH3 is 1. The minimum absolute atomic E-state index is 0.451. The van der Waals surface area contributed by atoms with Crippen molar-refractivity contribution in [2.24, 2.45) is 0 Å². The van der Waals surface area contributed by atoms with E-state index in [2.05, 4.69) is 4.74 Å². The zero-order chi connectivity index (χ0) is 10.6. The van der Waals surface area contributed by atoms with E-state index in [0.29, 0.717) is 17.2 Å². The third kappa shape index (κ3) is 2.39. The molecule has 0 saturated heterocycles. The van der Waals surface area contributed by atoms with Crippen molar-refractivity contribution in [3.8, 4) is 5.75 Å². The molecule has 1 aromatic carbocycles. The first-order valence-electron chi connectivity index (χ1n) is 4.22. The third-order valence-corrected chi connectivity index (χ3v) is 2.14. The van der Waals surface area contributed by atoms with E-state index in [1.165, 1.54) is 7.11 Å². The van der Waals surface area contributed by atoms with Gasteiger partial charge in [-0.3, -0.25) is 0 Å². The Bertz CT molecular complexity index is 336. The summed E-state index contributed by atoms with van der Waals surface area (Å²) in [5.74, 6) is 0.451. The molecule has 0 aliphatic rings. The second kappa shape index (κ2) is 4.86. The highest BCUT2D eigenvalue weighted by Gasteiger charge is 2.10. The fourth-order valence-corrected chi connectivity index (χ4v) is 1.41. The first-order chi connectivity index (χ1) is 6.69. The van der Waals surface area contributed by atoms with E-state index in [-0.39, 0.29) is 0 Å². The summed E-state index contributed by atoms with van der Waals surface area (Å²) in [6.45, 7) is 1.94. The van der Waals surface area contributed by atoms with Gasteiger partial charge in [-0.1, -0.05) is 24.6 Å². The third-order valence-electron chi connectivity index (χ3n) is 1.79. The first-order valence-corrected chi connectivity index (χ1v) is 4.60. The fourth-order valence-electron chi connectivity index (χ4n) is 1.11. The van der Waals surface area contributed by atoms with Gasteiger partial charge in [-0.2, -0.15) is 0 Å². The molecule has 0 atom stereocenters. The number of hydrogen-bond donors (Lipinski definition) is 0. The van der Waals surface area contributed by atoms with Crippen LogP contribution in [0.25, 0.3) is 0 Å². The molecule has 0 spiro atoms. The smallest absolute Gasteiger partial charge is 0.437 e. The van der Waals surface area contributed by atoms with E-state index in [1.54, 1.807) is 18.2 Å². The van der Waals surface area contributed by atoms with Crippen molar-refractivity contribution in [2.45, 2.75) is 13.3 Å². The molecule has 3 nitrogen and oxygen atoms in total. The molecule has 0 heterocycles. The summed E-state index contributed by atoms with van der Waals surface area (Å²) in [4.78, 5) is 10.9. The number of carbonyl (C=O) groups excluding carboxylic acids is 1. The molecule has 4 heteroatoms. The number of rotatable bonds is 2. The molecule has 0 aromatic heterocycles. The summed E-state index contributed by atoms with van der Waals surface area (Å²) < 4.78 is 9.31. The predicted octanol–water partition coefficient (Wildman–Crippen LogP) is 3.05. The molecule has 0 saturated carbocycles. The molecule has 0 radical (unpaired) electrons. The largest absolute Gasteiger partial charge is 0.513 e. The Morgan fingerprint density at radius 2 is 2.21 bits per heavy atom. The van der Waals surface area contributed by atoms with Crippen LogP contribution in [0, 0.1) is 0 Å². The lowest BCUT2D eigenvalue weighted by Gasteiger charge is -2.08. The molecule has 0 amide bonds. The number of benzene rings is 1. The molecule has 0 fully saturated rings. The standard InChI is InChI=1S/C10H11ClO3/c1-3-7-8(11)5-4-6-9(7)14-10(12)13-2/h4-6H,3H2,1-2H3. The lowest BCUT2D eigenvalue weighted by molar-refractivity contribution is 0.121. The number of hydrogen-bond acceptors (Lipinski definition) is 3. The van der Waals surface area contributed by atoms with Crippen molar-refractivity contribution in [3.05, 3.63) is 28.8 Å². The van der Waals surface area contributed by atoms with Gasteiger partial charge in [-0.25, -0.2) is 4.79 Å². The van der Waals surface area contributed by atoms with Crippen LogP contribution in [0.1, 0.15) is 12.5 Å². The van der Waals surface area contributed by atoms with Gasteiger partial charge in [0.25, 0.3) is 0 Å². The van der Waals surface area contributed by atoms with E-state index in [1.807, 2.05) is 6.92 Å². The summed E-state index contributed by atoms with van der Waals surface area (Å²) in [5, 5.41) is 0.592. The van der Waals surface area contributed by atoms with Gasteiger partial charge < -0.3 is 9.47 Å². The molecule has 0 aliphatic heterocycles. The molecule has 14 heavy (non-hydrogen) atoms. The Balaban J connectivity index is 2.96. The van der Waals surface area contributed by atoms with Crippen LogP contribution >= 0.6 is 11.6 Å². The Kier molecular flexibility index (Phi) is 3.77. The van der Waals surface area contributed by atoms with Gasteiger partial charge in [0.1, 0.15) is 5.75 Å². The summed E-state index contributed by atoms with van der Waals surface area (Å²) in [7, 11) is 1.26. The Hall–Kier alpha value is -1.22. The highest BCUT2D eigenvalue weighted by atomic mass is 35.5. The predicted molar refractivity (Wildman–Crippen MR) is 53.9 cm³/mol. The van der Waals surface area contributed by atoms with Gasteiger partial charge >= 0.3 is 6.16 Å². The first kappa shape index (κ1) is 10.9. The number of halogens is 1. The number of carbonyl (C=O) groups is 1. The van der Waals surface area contributed by atoms with E-state index in [4.69, 9.17) is 16.3 Å². The van der Waals surface area contributed by atoms with Gasteiger partial charge in [0.05, 0.1) is 7.11 Å². The fraction of sp³-hybridized carbons (Fsp3) is 0.300. The Labute approximate surface area is 87.6 Å². The molecular formula is C10H11ClO3. The maximum atomic E-state index is 10.9. The van der Waals surface area contributed by atoms with Crippen molar-refractivity contribution < 1.29 is 14.3 Å². The van der Waals surface area contributed by atoms with E-state index in [9.17, 15) is 4.79 Å². The maximum absolute atomic E-state index is 10.9. The molecule has 0 bridgehead atoms. The van der Waals surface area contributed by atoms with Crippen molar-refractivity contribution in [1.82, 2.24) is 0 Å². The van der Waals surface area contributed by atoms with E-state index < -0.39 is 6.16 Å². The quantitative estimate of drug-likeness (QED) is 0.561. The van der Waals surface area contributed by atoms with Gasteiger partial charge in [0.15, 0.2) is 0 Å². The van der Waals surface area contributed by atoms with Crippen molar-refractivity contribution in [1.29, 1.82) is 0 Å². The minimum atomic E-state index is -0.734. The van der Waals surface area contributed by atoms with Crippen LogP contribution in [0.2, 0.25) is 5.02 Å². The summed E-state index contributed by atoms with van der Waals surface area (Å²) in [5.41, 5.74) is 0.805. The lowest BCUT2D eigenvalue weighted by atomic mass is 10.1. The average Bonchev–Trinajstić information content (AvgIpc) is 2.18. The highest BCUT2D eigenvalue weighted by Crippen LogP contribution is 2.26. The topological polar surface area (TPSA) is 35.5 Å². The van der Waals surface area contributed by atoms with E-state index >= 15 is 0 Å². The van der Waals surface area contributed by atoms with Crippen LogP contribution in [0.4, 0.5) is 4.79 Å². The van der Waals surface area contributed by atoms with Gasteiger partial charge in [0.2, 0.25) is 0 Å².